The van der Waals surface area contributed by atoms with Gasteiger partial charge in [-0.1, -0.05) is 68.1 Å². The quantitative estimate of drug-likeness (QED) is 0.288. The maximum absolute atomic E-state index is 13.1. The van der Waals surface area contributed by atoms with Gasteiger partial charge in [-0.3, -0.25) is 14.1 Å². The van der Waals surface area contributed by atoms with Gasteiger partial charge in [0.05, 0.1) is 6.26 Å². The number of fused-ring (bicyclic) bond motifs is 4. The summed E-state index contributed by atoms with van der Waals surface area (Å²) < 4.78 is 51.2. The molecule has 0 atom stereocenters. The Morgan fingerprint density at radius 3 is 1.11 bits per heavy atom. The molecule has 4 aromatic carbocycles. The number of ketones is 2. The van der Waals surface area contributed by atoms with E-state index in [1.807, 2.05) is 72.8 Å². The number of carbonyl (C=O) groups excluding carboxylic acids is 2. The van der Waals surface area contributed by atoms with Crippen molar-refractivity contribution in [1.29, 1.82) is 0 Å². The molecule has 0 spiro atoms. The first-order valence-electron chi connectivity index (χ1n) is 10.1. The van der Waals surface area contributed by atoms with Gasteiger partial charge in [0.15, 0.2) is 11.6 Å². The number of hydrogen-bond acceptors (Lipinski definition) is 7. The van der Waals surface area contributed by atoms with Crippen LogP contribution in [0.2, 0.25) is 0 Å². The number of hydrogen-bond donors (Lipinski definition) is 1. The van der Waals surface area contributed by atoms with E-state index in [-0.39, 0.29) is 19.0 Å². The number of benzene rings is 4. The largest absolute Gasteiger partial charge is 0.425 e. The molecule has 8 nitrogen and oxygen atoms in total. The number of carbonyl (C=O) groups is 2. The molecule has 0 aromatic heterocycles. The van der Waals surface area contributed by atoms with Crippen molar-refractivity contribution in [2.24, 2.45) is 0 Å². The Hall–Kier alpha value is -3.99. The van der Waals surface area contributed by atoms with Crippen LogP contribution in [0.15, 0.2) is 72.8 Å². The fraction of sp³-hybridized carbons (Fsp3) is 0.0769. The van der Waals surface area contributed by atoms with Gasteiger partial charge in [-0.25, -0.2) is 0 Å². The van der Waals surface area contributed by atoms with Crippen molar-refractivity contribution in [3.63, 3.8) is 0 Å². The second kappa shape index (κ2) is 9.94. The minimum Gasteiger partial charge on any atom is -0.289 e. The van der Waals surface area contributed by atoms with Gasteiger partial charge in [0.1, 0.15) is 0 Å². The maximum atomic E-state index is 13.1. The third-order valence-electron chi connectivity index (χ3n) is 5.57. The van der Waals surface area contributed by atoms with Crippen LogP contribution < -0.4 is 0 Å². The van der Waals surface area contributed by atoms with Crippen LogP contribution in [0.1, 0.15) is 39.3 Å². The van der Waals surface area contributed by atoms with Gasteiger partial charge < -0.3 is 0 Å². The third kappa shape index (κ3) is 4.87. The maximum Gasteiger partial charge on any atom is 0.425 e. The summed E-state index contributed by atoms with van der Waals surface area (Å²) in [7, 11) is -6.78. The SMILES string of the molecule is C.CS(=O)(=O)O.O=C1c2ccccc2-c2ccc3c4c(ccc1c24)-c1ccccc1C3=O.O=S(=O)=O. The number of rotatable bonds is 0. The molecular formula is C26H20O8S2. The Labute approximate surface area is 209 Å². The molecule has 36 heavy (non-hydrogen) atoms. The molecule has 184 valence electrons. The van der Waals surface area contributed by atoms with Crippen LogP contribution in [0, 0.1) is 0 Å². The normalized spacial score (nSPS) is 12.1. The fourth-order valence-corrected chi connectivity index (χ4v) is 4.44. The van der Waals surface area contributed by atoms with Crippen molar-refractivity contribution in [1.82, 2.24) is 0 Å². The minimum absolute atomic E-state index is 0. The average Bonchev–Trinajstić information content (AvgIpc) is 2.80. The lowest BCUT2D eigenvalue weighted by Gasteiger charge is -2.26. The molecule has 6 rings (SSSR count). The van der Waals surface area contributed by atoms with Crippen LogP contribution in [-0.2, 0) is 20.7 Å². The van der Waals surface area contributed by atoms with E-state index in [9.17, 15) is 18.0 Å². The second-order valence-corrected chi connectivity index (χ2v) is 9.63. The molecule has 2 aliphatic carbocycles. The highest BCUT2D eigenvalue weighted by Gasteiger charge is 2.31. The van der Waals surface area contributed by atoms with Crippen LogP contribution in [0.3, 0.4) is 0 Å². The highest BCUT2D eigenvalue weighted by atomic mass is 32.2. The van der Waals surface area contributed by atoms with Crippen LogP contribution in [0.4, 0.5) is 0 Å². The lowest BCUT2D eigenvalue weighted by Crippen LogP contribution is -2.15. The van der Waals surface area contributed by atoms with Gasteiger partial charge in [-0.2, -0.15) is 8.42 Å². The Kier molecular flexibility index (Phi) is 7.35. The second-order valence-electron chi connectivity index (χ2n) is 7.76. The van der Waals surface area contributed by atoms with Crippen LogP contribution in [0.25, 0.3) is 33.0 Å². The van der Waals surface area contributed by atoms with Gasteiger partial charge in [0.25, 0.3) is 10.1 Å². The molecule has 4 aromatic rings. The highest BCUT2D eigenvalue weighted by Crippen LogP contribution is 2.47. The first-order valence-corrected chi connectivity index (χ1v) is 12.9. The smallest absolute Gasteiger partial charge is 0.289 e. The van der Waals surface area contributed by atoms with E-state index in [1.54, 1.807) is 0 Å². The molecule has 1 N–H and O–H groups in total. The molecule has 10 heteroatoms. The zero-order valence-corrected chi connectivity index (χ0v) is 19.7. The zero-order chi connectivity index (χ0) is 25.5. The fourth-order valence-electron chi connectivity index (χ4n) is 4.44. The van der Waals surface area contributed by atoms with Crippen LogP contribution >= 0.6 is 0 Å². The standard InChI is InChI=1S/C24H12O2.CH4O3S.CH4.O3S/c25-23-17-7-3-1-5-13(17)15-9-11-20-22-16(10-12-19(23)21(15)22)14-6-2-4-8-18(14)24(20)26;1-5(2,3)4;;1-4(2)3/h1-12H;1H3,(H,2,3,4);1H4;. The predicted octanol–water partition coefficient (Wildman–Crippen LogP) is 4.40. The topological polar surface area (TPSA) is 140 Å². The van der Waals surface area contributed by atoms with Crippen LogP contribution in [-0.4, -0.2) is 43.4 Å². The van der Waals surface area contributed by atoms with Crippen molar-refractivity contribution >= 4 is 43.1 Å². The molecule has 0 radical (unpaired) electrons. The minimum atomic E-state index is -3.67. The molecule has 0 amide bonds. The Morgan fingerprint density at radius 2 is 0.806 bits per heavy atom. The molecule has 2 aliphatic rings. The summed E-state index contributed by atoms with van der Waals surface area (Å²) in [5.41, 5.74) is 6.78. The van der Waals surface area contributed by atoms with Crippen molar-refractivity contribution < 1.29 is 35.2 Å². The van der Waals surface area contributed by atoms with Gasteiger partial charge in [0.2, 0.25) is 0 Å². The predicted molar refractivity (Wildman–Crippen MR) is 136 cm³/mol. The summed E-state index contributed by atoms with van der Waals surface area (Å²) in [5, 5.41) is 1.82. The first kappa shape index (κ1) is 26.6. The highest BCUT2D eigenvalue weighted by molar-refractivity contribution is 7.85. The monoisotopic (exact) mass is 524 g/mol. The summed E-state index contributed by atoms with van der Waals surface area (Å²) in [5.74, 6) is 0.0613. The summed E-state index contributed by atoms with van der Waals surface area (Å²) in [6.45, 7) is 0. The van der Waals surface area contributed by atoms with E-state index < -0.39 is 20.7 Å². The van der Waals surface area contributed by atoms with E-state index in [0.717, 1.165) is 44.2 Å². The van der Waals surface area contributed by atoms with Gasteiger partial charge in [-0.05, 0) is 34.4 Å². The Bertz CT molecular complexity index is 1650. The van der Waals surface area contributed by atoms with E-state index >= 15 is 0 Å². The van der Waals surface area contributed by atoms with Crippen molar-refractivity contribution in [2.75, 3.05) is 6.26 Å². The lowest BCUT2D eigenvalue weighted by molar-refractivity contribution is 0.103. The molecular weight excluding hydrogens is 504 g/mol. The summed E-state index contributed by atoms with van der Waals surface area (Å²) >= 11 is 0. The lowest BCUT2D eigenvalue weighted by atomic mass is 9.76. The molecule has 0 unspecified atom stereocenters. The van der Waals surface area contributed by atoms with E-state index in [1.165, 1.54) is 0 Å². The van der Waals surface area contributed by atoms with Crippen molar-refractivity contribution in [3.8, 4) is 22.3 Å². The van der Waals surface area contributed by atoms with Gasteiger partial charge in [-0.15, -0.1) is 12.6 Å². The van der Waals surface area contributed by atoms with E-state index in [0.29, 0.717) is 17.4 Å². The van der Waals surface area contributed by atoms with Crippen LogP contribution in [0.5, 0.6) is 0 Å². The third-order valence-corrected chi connectivity index (χ3v) is 5.57. The molecule has 0 fully saturated rings. The molecule has 0 heterocycles. The Balaban J connectivity index is 0.000000316. The van der Waals surface area contributed by atoms with E-state index in [2.05, 4.69) is 0 Å². The molecule has 0 bridgehead atoms. The summed E-state index contributed by atoms with van der Waals surface area (Å²) in [6, 6.07) is 23.2. The van der Waals surface area contributed by atoms with Crippen molar-refractivity contribution in [2.45, 2.75) is 7.43 Å². The van der Waals surface area contributed by atoms with Crippen molar-refractivity contribution in [3.05, 3.63) is 95.1 Å². The zero-order valence-electron chi connectivity index (χ0n) is 18.0. The molecule has 0 aliphatic heterocycles. The first-order chi connectivity index (χ1) is 16.5. The van der Waals surface area contributed by atoms with Gasteiger partial charge in [0, 0.05) is 33.0 Å². The van der Waals surface area contributed by atoms with E-state index in [4.69, 9.17) is 17.2 Å². The molecule has 0 saturated carbocycles. The average molecular weight is 525 g/mol. The summed E-state index contributed by atoms with van der Waals surface area (Å²) in [6.07, 6.45) is 0.715. The molecule has 0 saturated heterocycles. The summed E-state index contributed by atoms with van der Waals surface area (Å²) in [4.78, 5) is 26.1. The Morgan fingerprint density at radius 1 is 0.556 bits per heavy atom. The van der Waals surface area contributed by atoms with Gasteiger partial charge >= 0.3 is 10.6 Å².